The highest BCUT2D eigenvalue weighted by atomic mass is 32.2. The zero-order valence-electron chi connectivity index (χ0n) is 8.23. The van der Waals surface area contributed by atoms with E-state index in [4.69, 9.17) is 0 Å². The van der Waals surface area contributed by atoms with E-state index in [0.29, 0.717) is 0 Å². The van der Waals surface area contributed by atoms with Crippen LogP contribution in [0.4, 0.5) is 0 Å². The fourth-order valence-corrected chi connectivity index (χ4v) is 6.56. The molecule has 0 radical (unpaired) electrons. The predicted octanol–water partition coefficient (Wildman–Crippen LogP) is 4.99. The van der Waals surface area contributed by atoms with Crippen molar-refractivity contribution in [1.29, 1.82) is 0 Å². The minimum absolute atomic E-state index is 0.718. The molecule has 0 aliphatic carbocycles. The molecule has 0 saturated carbocycles. The summed E-state index contributed by atoms with van der Waals surface area (Å²) in [6, 6.07) is 4.36. The van der Waals surface area contributed by atoms with E-state index in [1.54, 1.807) is 10.5 Å². The van der Waals surface area contributed by atoms with Crippen LogP contribution < -0.4 is 0 Å². The van der Waals surface area contributed by atoms with Gasteiger partial charge in [-0.05, 0) is 28.6 Å². The third kappa shape index (κ3) is 1.68. The Morgan fingerprint density at radius 3 is 3.07 bits per heavy atom. The Kier molecular flexibility index (Phi) is 2.85. The molecule has 3 rings (SSSR count). The molecule has 0 saturated heterocycles. The summed E-state index contributed by atoms with van der Waals surface area (Å²) in [6.07, 6.45) is 2.21. The van der Waals surface area contributed by atoms with Crippen molar-refractivity contribution >= 4 is 46.2 Å². The van der Waals surface area contributed by atoms with Gasteiger partial charge in [-0.2, -0.15) is 11.8 Å². The van der Waals surface area contributed by atoms with Crippen LogP contribution in [0.2, 0.25) is 0 Å². The van der Waals surface area contributed by atoms with Gasteiger partial charge in [-0.1, -0.05) is 6.07 Å². The summed E-state index contributed by atoms with van der Waals surface area (Å²) in [4.78, 5) is 4.46. The Morgan fingerprint density at radius 1 is 1.40 bits per heavy atom. The molecule has 1 atom stereocenters. The molecular formula is C11H10S4. The molecule has 1 aliphatic heterocycles. The molecule has 0 nitrogen and oxygen atoms in total. The molecular weight excluding hydrogens is 260 g/mol. The molecule has 3 heterocycles. The molecule has 2 aromatic heterocycles. The molecule has 1 unspecified atom stereocenters. The lowest BCUT2D eigenvalue weighted by molar-refractivity contribution is 1.14. The number of hydrogen-bond acceptors (Lipinski definition) is 4. The Balaban J connectivity index is 2.06. The summed E-state index contributed by atoms with van der Waals surface area (Å²) >= 11 is 7.75. The van der Waals surface area contributed by atoms with Gasteiger partial charge in [-0.25, -0.2) is 0 Å². The highest BCUT2D eigenvalue weighted by Gasteiger charge is 2.27. The largest absolute Gasteiger partial charge is 0.156 e. The number of fused-ring (bicyclic) bond motifs is 1. The van der Waals surface area contributed by atoms with Gasteiger partial charge in [-0.3, -0.25) is 0 Å². The van der Waals surface area contributed by atoms with E-state index in [1.807, 2.05) is 46.2 Å². The van der Waals surface area contributed by atoms with Crippen LogP contribution >= 0.6 is 46.2 Å². The summed E-state index contributed by atoms with van der Waals surface area (Å²) in [5.41, 5.74) is 1.57. The molecule has 0 spiro atoms. The van der Waals surface area contributed by atoms with Crippen LogP contribution in [0.15, 0.2) is 27.8 Å². The van der Waals surface area contributed by atoms with Crippen molar-refractivity contribution in [1.82, 2.24) is 0 Å². The molecule has 15 heavy (non-hydrogen) atoms. The normalized spacial score (nSPS) is 19.4. The third-order valence-corrected chi connectivity index (χ3v) is 7.13. The second-order valence-corrected chi connectivity index (χ2v) is 7.26. The van der Waals surface area contributed by atoms with Gasteiger partial charge in [0.25, 0.3) is 0 Å². The maximum atomic E-state index is 2.35. The lowest BCUT2D eigenvalue weighted by Crippen LogP contribution is -1.86. The van der Waals surface area contributed by atoms with Crippen molar-refractivity contribution < 1.29 is 0 Å². The topological polar surface area (TPSA) is 0 Å². The second-order valence-electron chi connectivity index (χ2n) is 3.36. The van der Waals surface area contributed by atoms with Crippen LogP contribution in [0.1, 0.15) is 10.8 Å². The van der Waals surface area contributed by atoms with Gasteiger partial charge >= 0.3 is 0 Å². The van der Waals surface area contributed by atoms with E-state index in [-0.39, 0.29) is 0 Å². The molecule has 0 N–H and O–H groups in total. The summed E-state index contributed by atoms with van der Waals surface area (Å²) in [7, 11) is 0. The van der Waals surface area contributed by atoms with E-state index in [9.17, 15) is 0 Å². The summed E-state index contributed by atoms with van der Waals surface area (Å²) in [6.45, 7) is 0. The SMILES string of the molecule is CSC1CSc2c1csc2-c1cccs1. The van der Waals surface area contributed by atoms with Crippen molar-refractivity contribution in [3.63, 3.8) is 0 Å². The highest BCUT2D eigenvalue weighted by molar-refractivity contribution is 8.03. The zero-order chi connectivity index (χ0) is 10.3. The first-order chi connectivity index (χ1) is 7.40. The van der Waals surface area contributed by atoms with Crippen molar-refractivity contribution in [2.24, 2.45) is 0 Å². The first-order valence-electron chi connectivity index (χ1n) is 4.71. The van der Waals surface area contributed by atoms with Gasteiger partial charge in [0.2, 0.25) is 0 Å². The number of thioether (sulfide) groups is 2. The van der Waals surface area contributed by atoms with Crippen LogP contribution in [0, 0.1) is 0 Å². The van der Waals surface area contributed by atoms with E-state index in [0.717, 1.165) is 5.25 Å². The molecule has 1 aliphatic rings. The second kappa shape index (κ2) is 4.17. The monoisotopic (exact) mass is 270 g/mol. The molecule has 0 aromatic carbocycles. The van der Waals surface area contributed by atoms with Gasteiger partial charge in [0, 0.05) is 20.8 Å². The standard InChI is InChI=1S/C11H10S4/c1-12-9-6-15-10-7(9)5-14-11(10)8-3-2-4-13-8/h2-5,9H,6H2,1H3. The van der Waals surface area contributed by atoms with Crippen LogP contribution in [0.5, 0.6) is 0 Å². The highest BCUT2D eigenvalue weighted by Crippen LogP contribution is 2.52. The molecule has 4 heteroatoms. The van der Waals surface area contributed by atoms with Gasteiger partial charge in [0.05, 0.1) is 4.88 Å². The molecule has 0 bridgehead atoms. The average Bonchev–Trinajstić information content (AvgIpc) is 2.93. The van der Waals surface area contributed by atoms with Crippen molar-refractivity contribution in [3.05, 3.63) is 28.5 Å². The molecule has 0 fully saturated rings. The summed E-state index contributed by atoms with van der Waals surface area (Å²) in [5, 5.41) is 5.23. The van der Waals surface area contributed by atoms with Crippen molar-refractivity contribution in [2.45, 2.75) is 10.1 Å². The fraction of sp³-hybridized carbons (Fsp3) is 0.273. The first kappa shape index (κ1) is 10.3. The van der Waals surface area contributed by atoms with Crippen LogP contribution in [-0.4, -0.2) is 12.0 Å². The maximum absolute atomic E-state index is 2.35. The minimum Gasteiger partial charge on any atom is -0.156 e. The Labute approximate surface area is 106 Å². The van der Waals surface area contributed by atoms with E-state index in [2.05, 4.69) is 29.1 Å². The minimum atomic E-state index is 0.718. The Hall–Kier alpha value is 0.1000. The smallest absolute Gasteiger partial charge is 0.0581 e. The maximum Gasteiger partial charge on any atom is 0.0581 e. The molecule has 78 valence electrons. The Bertz CT molecular complexity index is 455. The summed E-state index contributed by atoms with van der Waals surface area (Å²) in [5.74, 6) is 1.25. The van der Waals surface area contributed by atoms with E-state index in [1.165, 1.54) is 15.5 Å². The zero-order valence-corrected chi connectivity index (χ0v) is 11.5. The van der Waals surface area contributed by atoms with Gasteiger partial charge in [0.1, 0.15) is 0 Å². The van der Waals surface area contributed by atoms with Gasteiger partial charge < -0.3 is 0 Å². The van der Waals surface area contributed by atoms with Crippen molar-refractivity contribution in [2.75, 3.05) is 12.0 Å². The summed E-state index contributed by atoms with van der Waals surface area (Å²) < 4.78 is 0. The van der Waals surface area contributed by atoms with Crippen LogP contribution in [-0.2, 0) is 0 Å². The lowest BCUT2D eigenvalue weighted by Gasteiger charge is -2.01. The van der Waals surface area contributed by atoms with Gasteiger partial charge in [0.15, 0.2) is 0 Å². The van der Waals surface area contributed by atoms with E-state index >= 15 is 0 Å². The number of rotatable bonds is 2. The number of thiophene rings is 2. The molecule has 2 aromatic rings. The predicted molar refractivity (Wildman–Crippen MR) is 74.6 cm³/mol. The number of hydrogen-bond donors (Lipinski definition) is 0. The average molecular weight is 270 g/mol. The quantitative estimate of drug-likeness (QED) is 0.754. The third-order valence-electron chi connectivity index (χ3n) is 2.53. The van der Waals surface area contributed by atoms with Crippen LogP contribution in [0.3, 0.4) is 0 Å². The van der Waals surface area contributed by atoms with Gasteiger partial charge in [-0.15, -0.1) is 34.4 Å². The van der Waals surface area contributed by atoms with Crippen molar-refractivity contribution in [3.8, 4) is 9.75 Å². The lowest BCUT2D eigenvalue weighted by atomic mass is 10.2. The van der Waals surface area contributed by atoms with Crippen LogP contribution in [0.25, 0.3) is 9.75 Å². The first-order valence-corrected chi connectivity index (χ1v) is 8.74. The fourth-order valence-electron chi connectivity index (χ4n) is 1.75. The molecule has 0 amide bonds. The Morgan fingerprint density at radius 2 is 2.33 bits per heavy atom. The van der Waals surface area contributed by atoms with E-state index < -0.39 is 0 Å².